The smallest absolute Gasteiger partial charge is 0.194 e. The predicted octanol–water partition coefficient (Wildman–Crippen LogP) is 9.72. The summed E-state index contributed by atoms with van der Waals surface area (Å²) in [5.74, 6) is 3.70. The van der Waals surface area contributed by atoms with Crippen LogP contribution in [-0.2, 0) is 19.3 Å². The number of hydrogen-bond acceptors (Lipinski definition) is 4. The molecule has 2 aromatic heterocycles. The monoisotopic (exact) mass is 533 g/mol. The molecule has 0 saturated heterocycles. The van der Waals surface area contributed by atoms with Crippen molar-refractivity contribution in [3.05, 3.63) is 96.5 Å². The van der Waals surface area contributed by atoms with E-state index in [1.54, 1.807) is 12.5 Å². The van der Waals surface area contributed by atoms with Gasteiger partial charge in [-0.05, 0) is 66.2 Å². The average Bonchev–Trinajstić information content (AvgIpc) is 3.55. The van der Waals surface area contributed by atoms with Gasteiger partial charge in [-0.2, -0.15) is 0 Å². The normalized spacial score (nSPS) is 11.6. The molecule has 3 aromatic rings. The number of rotatable bonds is 8. The Balaban J connectivity index is 0.000000490. The lowest BCUT2D eigenvalue weighted by molar-refractivity contribution is 0.458. The summed E-state index contributed by atoms with van der Waals surface area (Å²) in [5, 5.41) is 0. The maximum Gasteiger partial charge on any atom is 0.194 e. The second-order valence-corrected chi connectivity index (χ2v) is 11.4. The number of aliphatic imine (C=N–C) groups is 1. The van der Waals surface area contributed by atoms with Crippen molar-refractivity contribution in [1.82, 2.24) is 9.97 Å². The van der Waals surface area contributed by atoms with Gasteiger partial charge in [0.1, 0.15) is 6.26 Å². The van der Waals surface area contributed by atoms with Crippen molar-refractivity contribution >= 4 is 5.71 Å². The minimum Gasteiger partial charge on any atom is -0.449 e. The van der Waals surface area contributed by atoms with Crippen LogP contribution >= 0.6 is 0 Å². The second-order valence-electron chi connectivity index (χ2n) is 11.4. The van der Waals surface area contributed by atoms with Gasteiger partial charge in [0.05, 0.1) is 12.7 Å². The van der Waals surface area contributed by atoms with Crippen molar-refractivity contribution in [2.24, 2.45) is 28.7 Å². The molecule has 216 valence electrons. The molecule has 0 N–H and O–H groups in total. The lowest BCUT2D eigenvalue weighted by atomic mass is 10.0. The third-order valence-corrected chi connectivity index (χ3v) is 5.25. The topological polar surface area (TPSA) is 51.3 Å². The van der Waals surface area contributed by atoms with Crippen molar-refractivity contribution in [3.8, 4) is 0 Å². The van der Waals surface area contributed by atoms with E-state index in [2.05, 4.69) is 119 Å². The Hall–Kier alpha value is -3.01. The fourth-order valence-electron chi connectivity index (χ4n) is 3.74. The standard InChI is InChI=1S/C10H14.C9H13N.C8H13N.C7H11NO.CH4/c1-9(2)8-10-6-4-3-5-7-10;1-8(2)6-9-4-3-5-10-7-9;1-7(2)6-8-4-3-5-9-8;1-6(2)5-7-8-3-4-9-7;/h3-7,9H,8H2,1-2H3;3-5,7-8H,6H2,1-2H3;3-4,7H,5-6H2,1-2H3;3-4,6H,5H2,1-2H3;1H4. The summed E-state index contributed by atoms with van der Waals surface area (Å²) < 4.78 is 5.03. The maximum absolute atomic E-state index is 5.03. The molecule has 0 unspecified atom stereocenters. The van der Waals surface area contributed by atoms with Gasteiger partial charge in [-0.1, -0.05) is 105 Å². The van der Waals surface area contributed by atoms with E-state index in [4.69, 9.17) is 4.42 Å². The molecule has 0 fully saturated rings. The third-order valence-electron chi connectivity index (χ3n) is 5.25. The van der Waals surface area contributed by atoms with Crippen LogP contribution in [0.4, 0.5) is 0 Å². The van der Waals surface area contributed by atoms with Gasteiger partial charge < -0.3 is 4.42 Å². The molecule has 1 aliphatic heterocycles. The van der Waals surface area contributed by atoms with Gasteiger partial charge in [0.2, 0.25) is 0 Å². The van der Waals surface area contributed by atoms with Crippen LogP contribution in [0.25, 0.3) is 0 Å². The van der Waals surface area contributed by atoms with Gasteiger partial charge in [0.25, 0.3) is 0 Å². The Morgan fingerprint density at radius 2 is 1.28 bits per heavy atom. The molecular weight excluding hydrogens is 478 g/mol. The second kappa shape index (κ2) is 21.9. The van der Waals surface area contributed by atoms with E-state index in [-0.39, 0.29) is 7.43 Å². The van der Waals surface area contributed by atoms with Crippen molar-refractivity contribution in [1.29, 1.82) is 0 Å². The summed E-state index contributed by atoms with van der Waals surface area (Å²) in [7, 11) is 0. The molecule has 4 heteroatoms. The first-order chi connectivity index (χ1) is 18.2. The average molecular weight is 534 g/mol. The first-order valence-electron chi connectivity index (χ1n) is 14.2. The molecule has 3 heterocycles. The Morgan fingerprint density at radius 1 is 0.692 bits per heavy atom. The minimum atomic E-state index is 0. The first-order valence-corrected chi connectivity index (χ1v) is 14.2. The minimum absolute atomic E-state index is 0. The van der Waals surface area contributed by atoms with Crippen LogP contribution in [-0.4, -0.2) is 22.2 Å². The Bertz CT molecular complexity index is 943. The van der Waals surface area contributed by atoms with Gasteiger partial charge in [-0.25, -0.2) is 4.98 Å². The van der Waals surface area contributed by atoms with Crippen molar-refractivity contribution in [3.63, 3.8) is 0 Å². The van der Waals surface area contributed by atoms with E-state index in [1.165, 1.54) is 23.3 Å². The molecule has 4 rings (SSSR count). The SMILES string of the molecule is C.CC(C)CC1=NCC=C1.CC(C)Cc1ccccc1.CC(C)Cc1cccnc1.CC(C)Cc1ncco1. The first kappa shape index (κ1) is 36.0. The van der Waals surface area contributed by atoms with E-state index in [1.807, 2.05) is 18.5 Å². The quantitative estimate of drug-likeness (QED) is 0.289. The Labute approximate surface area is 240 Å². The zero-order chi connectivity index (χ0) is 28.2. The largest absolute Gasteiger partial charge is 0.449 e. The van der Waals surface area contributed by atoms with E-state index >= 15 is 0 Å². The summed E-state index contributed by atoms with van der Waals surface area (Å²) in [6, 6.07) is 14.7. The van der Waals surface area contributed by atoms with Crippen LogP contribution in [0.3, 0.4) is 0 Å². The van der Waals surface area contributed by atoms with Crippen LogP contribution < -0.4 is 0 Å². The molecule has 0 spiro atoms. The number of allylic oxidation sites excluding steroid dienone is 1. The lowest BCUT2D eigenvalue weighted by Crippen LogP contribution is -1.96. The van der Waals surface area contributed by atoms with Crippen molar-refractivity contribution < 1.29 is 4.42 Å². The molecule has 0 radical (unpaired) electrons. The number of oxazole rings is 1. The summed E-state index contributed by atoms with van der Waals surface area (Å²) in [4.78, 5) is 12.3. The molecule has 0 atom stereocenters. The fourth-order valence-corrected chi connectivity index (χ4v) is 3.74. The van der Waals surface area contributed by atoms with Gasteiger partial charge >= 0.3 is 0 Å². The van der Waals surface area contributed by atoms with Crippen LogP contribution in [0.15, 0.2) is 88.9 Å². The molecular formula is C35H55N3O. The van der Waals surface area contributed by atoms with E-state index in [0.29, 0.717) is 5.92 Å². The molecule has 1 aliphatic rings. The molecule has 39 heavy (non-hydrogen) atoms. The van der Waals surface area contributed by atoms with E-state index in [0.717, 1.165) is 49.5 Å². The van der Waals surface area contributed by atoms with Crippen molar-refractivity contribution in [2.75, 3.05) is 6.54 Å². The molecule has 1 aromatic carbocycles. The Kier molecular flexibility index (Phi) is 20.2. The zero-order valence-corrected chi connectivity index (χ0v) is 25.1. The van der Waals surface area contributed by atoms with E-state index in [9.17, 15) is 0 Å². The molecule has 4 nitrogen and oxygen atoms in total. The molecule has 0 bridgehead atoms. The van der Waals surface area contributed by atoms with Gasteiger partial charge in [-0.15, -0.1) is 0 Å². The summed E-state index contributed by atoms with van der Waals surface area (Å²) >= 11 is 0. The molecule has 0 amide bonds. The van der Waals surface area contributed by atoms with Gasteiger partial charge in [0, 0.05) is 24.5 Å². The van der Waals surface area contributed by atoms with Crippen LogP contribution in [0.2, 0.25) is 0 Å². The van der Waals surface area contributed by atoms with E-state index < -0.39 is 0 Å². The van der Waals surface area contributed by atoms with Gasteiger partial charge in [-0.3, -0.25) is 9.98 Å². The number of benzene rings is 1. The summed E-state index contributed by atoms with van der Waals surface area (Å²) in [6.07, 6.45) is 15.7. The number of pyridine rings is 1. The number of hydrogen-bond donors (Lipinski definition) is 0. The highest BCUT2D eigenvalue weighted by molar-refractivity contribution is 5.96. The molecule has 0 saturated carbocycles. The predicted molar refractivity (Wildman–Crippen MR) is 170 cm³/mol. The summed E-state index contributed by atoms with van der Waals surface area (Å²) in [6.45, 7) is 18.5. The fraction of sp³-hybridized carbons (Fsp3) is 0.514. The van der Waals surface area contributed by atoms with Crippen LogP contribution in [0.1, 0.15) is 86.3 Å². The highest BCUT2D eigenvalue weighted by atomic mass is 16.3. The van der Waals surface area contributed by atoms with Crippen molar-refractivity contribution in [2.45, 2.75) is 88.5 Å². The third kappa shape index (κ3) is 20.6. The highest BCUT2D eigenvalue weighted by Crippen LogP contribution is 2.07. The van der Waals surface area contributed by atoms with Crippen LogP contribution in [0, 0.1) is 23.7 Å². The lowest BCUT2D eigenvalue weighted by Gasteiger charge is -2.02. The summed E-state index contributed by atoms with van der Waals surface area (Å²) in [5.41, 5.74) is 4.04. The number of aromatic nitrogens is 2. The number of nitrogens with zero attached hydrogens (tertiary/aromatic N) is 3. The Morgan fingerprint density at radius 3 is 1.74 bits per heavy atom. The van der Waals surface area contributed by atoms with Crippen LogP contribution in [0.5, 0.6) is 0 Å². The zero-order valence-electron chi connectivity index (χ0n) is 25.1. The maximum atomic E-state index is 5.03. The highest BCUT2D eigenvalue weighted by Gasteiger charge is 2.01. The van der Waals surface area contributed by atoms with Gasteiger partial charge in [0.15, 0.2) is 5.89 Å². The molecule has 0 aliphatic carbocycles.